The Bertz CT molecular complexity index is 1190. The molecular weight excluding hydrogens is 424 g/mol. The number of ether oxygens (including phenoxy) is 1. The topological polar surface area (TPSA) is 172 Å². The van der Waals surface area contributed by atoms with Gasteiger partial charge in [0, 0.05) is 12.1 Å². The van der Waals surface area contributed by atoms with E-state index < -0.39 is 21.7 Å². The molecule has 13 heteroatoms. The molecule has 0 atom stereocenters. The van der Waals surface area contributed by atoms with E-state index in [-0.39, 0.29) is 29.2 Å². The van der Waals surface area contributed by atoms with Gasteiger partial charge in [0.1, 0.15) is 24.7 Å². The van der Waals surface area contributed by atoms with Crippen molar-refractivity contribution in [3.8, 4) is 5.75 Å². The Labute approximate surface area is 179 Å². The molecule has 1 heterocycles. The molecule has 2 aromatic carbocycles. The van der Waals surface area contributed by atoms with Crippen molar-refractivity contribution in [2.45, 2.75) is 6.54 Å². The van der Waals surface area contributed by atoms with Gasteiger partial charge in [-0.3, -0.25) is 29.7 Å². The smallest absolute Gasteiger partial charge is 0.343 e. The number of nitro benzene ring substituents is 1. The lowest BCUT2D eigenvalue weighted by Crippen LogP contribution is -2.23. The molecule has 0 radical (unpaired) electrons. The Hall–Kier alpha value is -4.94. The number of nitrogens with one attached hydrogen (secondary N) is 1. The van der Waals surface area contributed by atoms with E-state index in [4.69, 9.17) is 4.74 Å². The first kappa shape index (κ1) is 21.8. The van der Waals surface area contributed by atoms with Gasteiger partial charge in [0.2, 0.25) is 0 Å². The molecule has 3 rings (SSSR count). The Morgan fingerprint density at radius 3 is 2.28 bits per heavy atom. The highest BCUT2D eigenvalue weighted by Gasteiger charge is 2.12. The van der Waals surface area contributed by atoms with Crippen molar-refractivity contribution in [3.63, 3.8) is 0 Å². The van der Waals surface area contributed by atoms with Crippen LogP contribution in [0, 0.1) is 20.2 Å². The summed E-state index contributed by atoms with van der Waals surface area (Å²) >= 11 is 0. The van der Waals surface area contributed by atoms with E-state index in [1.165, 1.54) is 42.6 Å². The van der Waals surface area contributed by atoms with Gasteiger partial charge in [-0.25, -0.2) is 10.2 Å². The number of nitrogens with zero attached hydrogens (tertiary/aromatic N) is 5. The highest BCUT2D eigenvalue weighted by atomic mass is 16.6. The van der Waals surface area contributed by atoms with Crippen LogP contribution in [-0.4, -0.2) is 37.7 Å². The van der Waals surface area contributed by atoms with Gasteiger partial charge < -0.3 is 4.74 Å². The lowest BCUT2D eigenvalue weighted by Gasteiger charge is -2.04. The predicted molar refractivity (Wildman–Crippen MR) is 109 cm³/mol. The number of hydrogen-bond donors (Lipinski definition) is 1. The van der Waals surface area contributed by atoms with E-state index >= 15 is 0 Å². The van der Waals surface area contributed by atoms with E-state index in [9.17, 15) is 29.8 Å². The Kier molecular flexibility index (Phi) is 6.60. The lowest BCUT2D eigenvalue weighted by molar-refractivity contribution is -0.385. The molecule has 0 bridgehead atoms. The Morgan fingerprint density at radius 2 is 1.69 bits per heavy atom. The molecule has 1 amide bonds. The van der Waals surface area contributed by atoms with Crippen molar-refractivity contribution in [2.24, 2.45) is 5.10 Å². The third-order valence-electron chi connectivity index (χ3n) is 3.94. The van der Waals surface area contributed by atoms with Crippen LogP contribution in [0.15, 0.2) is 66.0 Å². The van der Waals surface area contributed by atoms with Gasteiger partial charge in [0.25, 0.3) is 11.6 Å². The fraction of sp³-hybridized carbons (Fsp3) is 0.0526. The number of amides is 1. The number of esters is 1. The largest absolute Gasteiger partial charge is 0.423 e. The van der Waals surface area contributed by atoms with Crippen molar-refractivity contribution in [3.05, 3.63) is 92.3 Å². The monoisotopic (exact) mass is 438 g/mol. The summed E-state index contributed by atoms with van der Waals surface area (Å²) in [6, 6.07) is 11.2. The molecule has 0 aliphatic rings. The standard InChI is InChI=1S/C19H14N6O7/c26-18(12-23-11-16(10-21-23)25(30)31)22-20-9-13-1-7-17(8-2-13)32-19(27)14-3-5-15(6-4-14)24(28)29/h1-11H,12H2,(H,22,26). The first-order valence-corrected chi connectivity index (χ1v) is 8.87. The summed E-state index contributed by atoms with van der Waals surface area (Å²) in [5.41, 5.74) is 2.65. The molecule has 13 nitrogen and oxygen atoms in total. The summed E-state index contributed by atoms with van der Waals surface area (Å²) in [6.07, 6.45) is 3.51. The molecular formula is C19H14N6O7. The Balaban J connectivity index is 1.50. The lowest BCUT2D eigenvalue weighted by atomic mass is 10.2. The quantitative estimate of drug-likeness (QED) is 0.183. The van der Waals surface area contributed by atoms with Gasteiger partial charge in [0.15, 0.2) is 0 Å². The minimum absolute atomic E-state index is 0.136. The van der Waals surface area contributed by atoms with Crippen LogP contribution in [-0.2, 0) is 11.3 Å². The van der Waals surface area contributed by atoms with Crippen LogP contribution >= 0.6 is 0 Å². The first-order valence-electron chi connectivity index (χ1n) is 8.87. The highest BCUT2D eigenvalue weighted by molar-refractivity contribution is 5.91. The van der Waals surface area contributed by atoms with Crippen LogP contribution in [0.2, 0.25) is 0 Å². The zero-order chi connectivity index (χ0) is 23.1. The molecule has 0 unspecified atom stereocenters. The van der Waals surface area contributed by atoms with Crippen LogP contribution in [0.5, 0.6) is 5.75 Å². The van der Waals surface area contributed by atoms with Gasteiger partial charge in [-0.15, -0.1) is 0 Å². The maximum atomic E-state index is 12.1. The zero-order valence-electron chi connectivity index (χ0n) is 16.2. The molecule has 1 aromatic heterocycles. The summed E-state index contributed by atoms with van der Waals surface area (Å²) < 4.78 is 6.31. The van der Waals surface area contributed by atoms with E-state index in [2.05, 4.69) is 15.6 Å². The van der Waals surface area contributed by atoms with Gasteiger partial charge in [-0.1, -0.05) is 0 Å². The highest BCUT2D eigenvalue weighted by Crippen LogP contribution is 2.16. The number of non-ortho nitro benzene ring substituents is 1. The molecule has 0 saturated carbocycles. The summed E-state index contributed by atoms with van der Waals surface area (Å²) in [5.74, 6) is -0.963. The van der Waals surface area contributed by atoms with Crippen LogP contribution in [0.25, 0.3) is 0 Å². The van der Waals surface area contributed by atoms with Gasteiger partial charge in [-0.05, 0) is 42.0 Å². The van der Waals surface area contributed by atoms with Gasteiger partial charge in [-0.2, -0.15) is 10.2 Å². The number of rotatable bonds is 8. The number of hydrazone groups is 1. The number of hydrogen-bond acceptors (Lipinski definition) is 9. The average molecular weight is 438 g/mol. The maximum Gasteiger partial charge on any atom is 0.343 e. The normalized spacial score (nSPS) is 10.6. The van der Waals surface area contributed by atoms with Crippen LogP contribution in [0.3, 0.4) is 0 Å². The molecule has 0 aliphatic heterocycles. The second-order valence-electron chi connectivity index (χ2n) is 6.21. The zero-order valence-corrected chi connectivity index (χ0v) is 16.2. The molecule has 0 spiro atoms. The van der Waals surface area contributed by atoms with Crippen molar-refractivity contribution in [1.29, 1.82) is 0 Å². The predicted octanol–water partition coefficient (Wildman–Crippen LogP) is 2.07. The third kappa shape index (κ3) is 5.79. The first-order chi connectivity index (χ1) is 15.3. The second kappa shape index (κ2) is 9.71. The summed E-state index contributed by atoms with van der Waals surface area (Å²) in [5, 5.41) is 28.7. The molecule has 3 aromatic rings. The average Bonchev–Trinajstić information content (AvgIpc) is 3.24. The summed E-state index contributed by atoms with van der Waals surface area (Å²) in [4.78, 5) is 44.0. The minimum Gasteiger partial charge on any atom is -0.423 e. The van der Waals surface area contributed by atoms with Crippen molar-refractivity contribution in [1.82, 2.24) is 15.2 Å². The third-order valence-corrected chi connectivity index (χ3v) is 3.94. The van der Waals surface area contributed by atoms with Crippen LogP contribution < -0.4 is 10.2 Å². The molecule has 0 saturated heterocycles. The molecule has 162 valence electrons. The Morgan fingerprint density at radius 1 is 1.03 bits per heavy atom. The van der Waals surface area contributed by atoms with Crippen molar-refractivity contribution in [2.75, 3.05) is 0 Å². The van der Waals surface area contributed by atoms with Crippen molar-refractivity contribution < 1.29 is 24.2 Å². The molecule has 0 fully saturated rings. The molecule has 1 N–H and O–H groups in total. The number of carbonyl (C=O) groups is 2. The fourth-order valence-corrected chi connectivity index (χ4v) is 2.40. The molecule has 32 heavy (non-hydrogen) atoms. The van der Waals surface area contributed by atoms with Crippen LogP contribution in [0.4, 0.5) is 11.4 Å². The maximum absolute atomic E-state index is 12.1. The number of benzene rings is 2. The van der Waals surface area contributed by atoms with E-state index in [0.717, 1.165) is 17.1 Å². The van der Waals surface area contributed by atoms with E-state index in [1.54, 1.807) is 12.1 Å². The number of carbonyl (C=O) groups excluding carboxylic acids is 2. The number of aromatic nitrogens is 2. The SMILES string of the molecule is O=C(Cn1cc([N+](=O)[O-])cn1)NN=Cc1ccc(OC(=O)c2ccc([N+](=O)[O-])cc2)cc1. The fourth-order valence-electron chi connectivity index (χ4n) is 2.40. The second-order valence-corrected chi connectivity index (χ2v) is 6.21. The van der Waals surface area contributed by atoms with Crippen molar-refractivity contribution >= 4 is 29.5 Å². The number of nitro groups is 2. The summed E-state index contributed by atoms with van der Waals surface area (Å²) in [7, 11) is 0. The van der Waals surface area contributed by atoms with Crippen LogP contribution in [0.1, 0.15) is 15.9 Å². The van der Waals surface area contributed by atoms with E-state index in [1.807, 2.05) is 0 Å². The molecule has 0 aliphatic carbocycles. The van der Waals surface area contributed by atoms with Gasteiger partial charge >= 0.3 is 11.7 Å². The summed E-state index contributed by atoms with van der Waals surface area (Å²) in [6.45, 7) is -0.247. The van der Waals surface area contributed by atoms with Gasteiger partial charge in [0.05, 0.1) is 21.6 Å². The minimum atomic E-state index is -0.674. The van der Waals surface area contributed by atoms with E-state index in [0.29, 0.717) is 5.56 Å².